The number of halogens is 3. The average Bonchev–Trinajstić information content (AvgIpc) is 3.11. The quantitative estimate of drug-likeness (QED) is 0.472. The topological polar surface area (TPSA) is 45.7 Å². The molecule has 0 aliphatic carbocycles. The molecule has 9 heteroatoms. The molecule has 4 rings (SSSR count). The van der Waals surface area contributed by atoms with Crippen molar-refractivity contribution < 1.29 is 9.53 Å². The Morgan fingerprint density at radius 1 is 1.24 bits per heavy atom. The Morgan fingerprint density at radius 3 is 2.79 bits per heavy atom. The molecule has 0 saturated carbocycles. The van der Waals surface area contributed by atoms with Gasteiger partial charge >= 0.3 is 0 Å². The molecule has 0 unspecified atom stereocenters. The average molecular weight is 517 g/mol. The second-order valence-electron chi connectivity index (χ2n) is 6.53. The Kier molecular flexibility index (Phi) is 7.90. The minimum atomic E-state index is -0.0558. The Hall–Kier alpha value is -1.22. The third-order valence-corrected chi connectivity index (χ3v) is 6.40. The number of hydrogen-bond acceptors (Lipinski definition) is 5. The highest BCUT2D eigenvalue weighted by Crippen LogP contribution is 2.31. The Balaban J connectivity index is 0.00000240. The van der Waals surface area contributed by atoms with Crippen LogP contribution in [0.4, 0.5) is 5.13 Å². The number of fused-ring (bicyclic) bond motifs is 1. The van der Waals surface area contributed by atoms with Gasteiger partial charge in [0.2, 0.25) is 0 Å². The van der Waals surface area contributed by atoms with E-state index in [-0.39, 0.29) is 18.3 Å². The van der Waals surface area contributed by atoms with Crippen molar-refractivity contribution in [2.45, 2.75) is 0 Å². The number of anilines is 1. The molecular weight excluding hydrogens is 497 g/mol. The summed E-state index contributed by atoms with van der Waals surface area (Å²) in [4.78, 5) is 22.1. The molecular formula is C20H20BrCl2N3O2S. The van der Waals surface area contributed by atoms with Gasteiger partial charge in [-0.2, -0.15) is 0 Å². The summed E-state index contributed by atoms with van der Waals surface area (Å²) >= 11 is 11.1. The molecule has 1 amide bonds. The van der Waals surface area contributed by atoms with Crippen LogP contribution in [0.15, 0.2) is 46.9 Å². The zero-order valence-electron chi connectivity index (χ0n) is 15.5. The number of amides is 1. The van der Waals surface area contributed by atoms with Crippen LogP contribution >= 0.6 is 51.3 Å². The van der Waals surface area contributed by atoms with Crippen molar-refractivity contribution in [2.75, 3.05) is 44.3 Å². The van der Waals surface area contributed by atoms with Crippen molar-refractivity contribution in [2.24, 2.45) is 0 Å². The maximum atomic E-state index is 13.3. The van der Waals surface area contributed by atoms with E-state index in [1.165, 1.54) is 11.3 Å². The SMILES string of the molecule is Cl.O=C(c1cccc(Br)c1)N(CCN1CCOCC1)c1nc2ccc(Cl)cc2s1. The zero-order chi connectivity index (χ0) is 19.5. The van der Waals surface area contributed by atoms with Gasteiger partial charge in [-0.1, -0.05) is 44.9 Å². The summed E-state index contributed by atoms with van der Waals surface area (Å²) in [5.41, 5.74) is 1.48. The van der Waals surface area contributed by atoms with E-state index in [4.69, 9.17) is 21.3 Å². The molecule has 2 aromatic carbocycles. The molecule has 1 aromatic heterocycles. The highest BCUT2D eigenvalue weighted by molar-refractivity contribution is 9.10. The van der Waals surface area contributed by atoms with Gasteiger partial charge in [-0.15, -0.1) is 12.4 Å². The minimum absolute atomic E-state index is 0. The van der Waals surface area contributed by atoms with Crippen molar-refractivity contribution >= 4 is 72.5 Å². The summed E-state index contributed by atoms with van der Waals surface area (Å²) in [5, 5.41) is 1.36. The van der Waals surface area contributed by atoms with Crippen LogP contribution in [0.3, 0.4) is 0 Å². The number of rotatable bonds is 5. The van der Waals surface area contributed by atoms with E-state index in [2.05, 4.69) is 20.8 Å². The number of morpholine rings is 1. The van der Waals surface area contributed by atoms with Crippen molar-refractivity contribution in [3.05, 3.63) is 57.5 Å². The molecule has 1 aliphatic rings. The maximum absolute atomic E-state index is 13.3. The Morgan fingerprint density at radius 2 is 2.03 bits per heavy atom. The van der Waals surface area contributed by atoms with Gasteiger partial charge in [0.05, 0.1) is 23.4 Å². The van der Waals surface area contributed by atoms with E-state index in [0.717, 1.165) is 47.5 Å². The van der Waals surface area contributed by atoms with Gasteiger partial charge in [-0.25, -0.2) is 4.98 Å². The van der Waals surface area contributed by atoms with E-state index < -0.39 is 0 Å². The maximum Gasteiger partial charge on any atom is 0.260 e. The molecule has 0 spiro atoms. The summed E-state index contributed by atoms with van der Waals surface area (Å²) in [6.45, 7) is 4.58. The van der Waals surface area contributed by atoms with Crippen LogP contribution in [0.2, 0.25) is 5.02 Å². The lowest BCUT2D eigenvalue weighted by molar-refractivity contribution is 0.0391. The first kappa shape index (κ1) is 22.5. The van der Waals surface area contributed by atoms with Crippen LogP contribution < -0.4 is 4.90 Å². The molecule has 5 nitrogen and oxygen atoms in total. The second kappa shape index (κ2) is 10.2. The van der Waals surface area contributed by atoms with Crippen LogP contribution in [0.5, 0.6) is 0 Å². The van der Waals surface area contributed by atoms with E-state index in [0.29, 0.717) is 22.3 Å². The Labute approximate surface area is 193 Å². The lowest BCUT2D eigenvalue weighted by Gasteiger charge is -2.29. The van der Waals surface area contributed by atoms with Gasteiger partial charge in [0, 0.05) is 41.2 Å². The van der Waals surface area contributed by atoms with Gasteiger partial charge in [0.15, 0.2) is 5.13 Å². The highest BCUT2D eigenvalue weighted by Gasteiger charge is 2.23. The first-order chi connectivity index (χ1) is 13.6. The zero-order valence-corrected chi connectivity index (χ0v) is 19.5. The summed E-state index contributed by atoms with van der Waals surface area (Å²) in [5.74, 6) is -0.0558. The smallest absolute Gasteiger partial charge is 0.260 e. The van der Waals surface area contributed by atoms with Crippen molar-refractivity contribution in [1.29, 1.82) is 0 Å². The lowest BCUT2D eigenvalue weighted by Crippen LogP contribution is -2.43. The number of aromatic nitrogens is 1. The van der Waals surface area contributed by atoms with Gasteiger partial charge < -0.3 is 4.74 Å². The first-order valence-electron chi connectivity index (χ1n) is 9.04. The Bertz CT molecular complexity index is 995. The van der Waals surface area contributed by atoms with E-state index in [9.17, 15) is 4.79 Å². The molecule has 3 aromatic rings. The number of thiazole rings is 1. The number of carbonyl (C=O) groups excluding carboxylic acids is 1. The molecule has 1 aliphatic heterocycles. The van der Waals surface area contributed by atoms with Crippen LogP contribution in [0.25, 0.3) is 10.2 Å². The molecule has 1 saturated heterocycles. The number of carbonyl (C=O) groups is 1. The van der Waals surface area contributed by atoms with Gasteiger partial charge in [-0.05, 0) is 36.4 Å². The normalized spacial score (nSPS) is 14.6. The minimum Gasteiger partial charge on any atom is -0.379 e. The third kappa shape index (κ3) is 5.48. The summed E-state index contributed by atoms with van der Waals surface area (Å²) in [6, 6.07) is 13.1. The lowest BCUT2D eigenvalue weighted by atomic mass is 10.2. The third-order valence-electron chi connectivity index (χ3n) is 4.63. The fourth-order valence-electron chi connectivity index (χ4n) is 3.13. The van der Waals surface area contributed by atoms with Crippen molar-refractivity contribution in [1.82, 2.24) is 9.88 Å². The molecule has 29 heavy (non-hydrogen) atoms. The van der Waals surface area contributed by atoms with E-state index in [1.54, 1.807) is 4.90 Å². The van der Waals surface area contributed by atoms with E-state index in [1.807, 2.05) is 42.5 Å². The van der Waals surface area contributed by atoms with Gasteiger partial charge in [0.1, 0.15) is 0 Å². The van der Waals surface area contributed by atoms with E-state index >= 15 is 0 Å². The van der Waals surface area contributed by atoms with Gasteiger partial charge in [-0.3, -0.25) is 14.6 Å². The number of nitrogens with zero attached hydrogens (tertiary/aromatic N) is 3. The number of benzene rings is 2. The fourth-order valence-corrected chi connectivity index (χ4v) is 4.79. The summed E-state index contributed by atoms with van der Waals surface area (Å²) in [7, 11) is 0. The highest BCUT2D eigenvalue weighted by atomic mass is 79.9. The predicted octanol–water partition coefficient (Wildman–Crippen LogP) is 5.11. The van der Waals surface area contributed by atoms with Crippen LogP contribution in [-0.2, 0) is 4.74 Å². The van der Waals surface area contributed by atoms with Crippen LogP contribution in [0, 0.1) is 0 Å². The molecule has 0 atom stereocenters. The van der Waals surface area contributed by atoms with Crippen molar-refractivity contribution in [3.8, 4) is 0 Å². The standard InChI is InChI=1S/C20H19BrClN3O2S.ClH/c21-15-3-1-2-14(12-15)19(26)25(7-6-24-8-10-27-11-9-24)20-23-17-5-4-16(22)13-18(17)28-20;/h1-5,12-13H,6-11H2;1H. The fraction of sp³-hybridized carbons (Fsp3) is 0.300. The largest absolute Gasteiger partial charge is 0.379 e. The summed E-state index contributed by atoms with van der Waals surface area (Å²) in [6.07, 6.45) is 0. The summed E-state index contributed by atoms with van der Waals surface area (Å²) < 4.78 is 7.27. The molecule has 2 heterocycles. The van der Waals surface area contributed by atoms with Crippen LogP contribution in [-0.4, -0.2) is 55.2 Å². The second-order valence-corrected chi connectivity index (χ2v) is 8.89. The molecule has 1 fully saturated rings. The monoisotopic (exact) mass is 515 g/mol. The van der Waals surface area contributed by atoms with Crippen LogP contribution in [0.1, 0.15) is 10.4 Å². The number of hydrogen-bond donors (Lipinski definition) is 0. The molecule has 154 valence electrons. The first-order valence-corrected chi connectivity index (χ1v) is 11.0. The number of ether oxygens (including phenoxy) is 1. The van der Waals surface area contributed by atoms with Crippen molar-refractivity contribution in [3.63, 3.8) is 0 Å². The molecule has 0 N–H and O–H groups in total. The van der Waals surface area contributed by atoms with Gasteiger partial charge in [0.25, 0.3) is 5.91 Å². The molecule has 0 bridgehead atoms. The predicted molar refractivity (Wildman–Crippen MR) is 125 cm³/mol. The molecule has 0 radical (unpaired) electrons.